The minimum atomic E-state index is 0.517. The first-order valence-electron chi connectivity index (χ1n) is 12.0. The van der Waals surface area contributed by atoms with Gasteiger partial charge in [0.2, 0.25) is 0 Å². The average molecular weight is 414 g/mol. The fourth-order valence-electron chi connectivity index (χ4n) is 7.42. The fourth-order valence-corrected chi connectivity index (χ4v) is 7.42. The smallest absolute Gasteiger partial charge is 0.132 e. The number of nitrogens with one attached hydrogen (secondary N) is 1. The largest absolute Gasteiger partial charge is 0.369 e. The third-order valence-corrected chi connectivity index (χ3v) is 8.37. The molecule has 4 fully saturated rings. The second kappa shape index (κ2) is 7.60. The quantitative estimate of drug-likeness (QED) is 0.780. The Balaban J connectivity index is 1.13. The van der Waals surface area contributed by atoms with Crippen molar-refractivity contribution < 1.29 is 0 Å². The van der Waals surface area contributed by atoms with E-state index in [0.717, 1.165) is 61.7 Å². The van der Waals surface area contributed by atoms with E-state index in [0.29, 0.717) is 5.41 Å². The van der Waals surface area contributed by atoms with Crippen molar-refractivity contribution in [1.82, 2.24) is 14.9 Å². The highest BCUT2D eigenvalue weighted by molar-refractivity contribution is 5.47. The third kappa shape index (κ3) is 3.72. The molecule has 0 spiro atoms. The van der Waals surface area contributed by atoms with E-state index in [1.807, 2.05) is 12.1 Å². The summed E-state index contributed by atoms with van der Waals surface area (Å²) in [4.78, 5) is 11.7. The zero-order chi connectivity index (χ0) is 20.8. The molecule has 5 heteroatoms. The van der Waals surface area contributed by atoms with Gasteiger partial charge in [0.25, 0.3) is 0 Å². The van der Waals surface area contributed by atoms with Crippen LogP contribution < -0.4 is 5.32 Å². The minimum absolute atomic E-state index is 0.517. The standard InChI is InChI=1S/C26H31N5/c27-13-18-1-3-19(4-2-18)14-31-6-5-23-24(15-31)29-17-30-25(23)28-16-26-10-20-7-21(11-26)9-22(8-20)12-26/h1-4,17,20-22H,5-12,14-16H2,(H,28,29,30). The molecule has 4 bridgehead atoms. The Morgan fingerprint density at radius 2 is 1.74 bits per heavy atom. The number of anilines is 1. The van der Waals surface area contributed by atoms with E-state index in [-0.39, 0.29) is 0 Å². The molecule has 160 valence electrons. The first-order valence-corrected chi connectivity index (χ1v) is 12.0. The third-order valence-electron chi connectivity index (χ3n) is 8.37. The molecular weight excluding hydrogens is 382 g/mol. The number of nitriles is 1. The first-order chi connectivity index (χ1) is 15.2. The molecule has 0 radical (unpaired) electrons. The maximum absolute atomic E-state index is 8.99. The van der Waals surface area contributed by atoms with E-state index in [1.165, 1.54) is 55.3 Å². The normalized spacial score (nSPS) is 31.3. The van der Waals surface area contributed by atoms with Crippen LogP contribution in [0.2, 0.25) is 0 Å². The van der Waals surface area contributed by atoms with Gasteiger partial charge in [0, 0.05) is 31.7 Å². The maximum atomic E-state index is 8.99. The highest BCUT2D eigenvalue weighted by atomic mass is 15.1. The van der Waals surface area contributed by atoms with E-state index in [9.17, 15) is 0 Å². The summed E-state index contributed by atoms with van der Waals surface area (Å²) >= 11 is 0. The number of hydrogen-bond donors (Lipinski definition) is 1. The Labute approximate surface area is 184 Å². The van der Waals surface area contributed by atoms with Crippen molar-refractivity contribution in [3.05, 3.63) is 53.0 Å². The van der Waals surface area contributed by atoms with Crippen molar-refractivity contribution in [2.24, 2.45) is 23.2 Å². The van der Waals surface area contributed by atoms with Gasteiger partial charge < -0.3 is 5.32 Å². The van der Waals surface area contributed by atoms with Crippen LogP contribution in [0.1, 0.15) is 60.9 Å². The highest BCUT2D eigenvalue weighted by Gasteiger charge is 2.50. The summed E-state index contributed by atoms with van der Waals surface area (Å²) in [5.41, 5.74) is 4.97. The lowest BCUT2D eigenvalue weighted by Gasteiger charge is -2.57. The van der Waals surface area contributed by atoms with Gasteiger partial charge in [0.1, 0.15) is 12.1 Å². The van der Waals surface area contributed by atoms with Crippen molar-refractivity contribution in [3.63, 3.8) is 0 Å². The second-order valence-corrected chi connectivity index (χ2v) is 10.7. The van der Waals surface area contributed by atoms with Crippen LogP contribution in [0.15, 0.2) is 30.6 Å². The lowest BCUT2D eigenvalue weighted by molar-refractivity contribution is -0.0444. The topological polar surface area (TPSA) is 64.8 Å². The predicted molar refractivity (Wildman–Crippen MR) is 120 cm³/mol. The summed E-state index contributed by atoms with van der Waals surface area (Å²) in [6.45, 7) is 3.87. The van der Waals surface area contributed by atoms with Crippen LogP contribution in [0, 0.1) is 34.5 Å². The molecule has 1 aliphatic heterocycles. The molecule has 5 aliphatic rings. The van der Waals surface area contributed by atoms with Crippen LogP contribution in [-0.2, 0) is 19.5 Å². The zero-order valence-electron chi connectivity index (χ0n) is 18.2. The van der Waals surface area contributed by atoms with Gasteiger partial charge in [0.15, 0.2) is 0 Å². The molecule has 7 rings (SSSR count). The first kappa shape index (κ1) is 19.3. The maximum Gasteiger partial charge on any atom is 0.132 e. The monoisotopic (exact) mass is 413 g/mol. The zero-order valence-corrected chi connectivity index (χ0v) is 18.2. The van der Waals surface area contributed by atoms with E-state index < -0.39 is 0 Å². The van der Waals surface area contributed by atoms with E-state index in [2.05, 4.69) is 38.4 Å². The molecule has 0 atom stereocenters. The van der Waals surface area contributed by atoms with Crippen LogP contribution in [0.3, 0.4) is 0 Å². The van der Waals surface area contributed by atoms with Crippen LogP contribution in [0.5, 0.6) is 0 Å². The van der Waals surface area contributed by atoms with Gasteiger partial charge in [-0.05, 0) is 85.8 Å². The van der Waals surface area contributed by atoms with E-state index in [4.69, 9.17) is 5.26 Å². The number of benzene rings is 1. The predicted octanol–water partition coefficient (Wildman–Crippen LogP) is 4.53. The van der Waals surface area contributed by atoms with Crippen LogP contribution >= 0.6 is 0 Å². The summed E-state index contributed by atoms with van der Waals surface area (Å²) in [5, 5.41) is 12.8. The van der Waals surface area contributed by atoms with Crippen molar-refractivity contribution >= 4 is 5.82 Å². The second-order valence-electron chi connectivity index (χ2n) is 10.7. The van der Waals surface area contributed by atoms with Gasteiger partial charge in [0.05, 0.1) is 17.3 Å². The molecule has 5 nitrogen and oxygen atoms in total. The lowest BCUT2D eigenvalue weighted by Crippen LogP contribution is -2.49. The van der Waals surface area contributed by atoms with E-state index >= 15 is 0 Å². The summed E-state index contributed by atoms with van der Waals surface area (Å²) in [6.07, 6.45) is 11.5. The molecule has 1 aromatic carbocycles. The van der Waals surface area contributed by atoms with Crippen molar-refractivity contribution in [1.29, 1.82) is 5.26 Å². The Hall–Kier alpha value is -2.45. The molecule has 0 saturated heterocycles. The van der Waals surface area contributed by atoms with Gasteiger partial charge in [-0.25, -0.2) is 9.97 Å². The van der Waals surface area contributed by atoms with Gasteiger partial charge in [-0.2, -0.15) is 5.26 Å². The number of nitrogens with zero attached hydrogens (tertiary/aromatic N) is 4. The molecule has 0 unspecified atom stereocenters. The van der Waals surface area contributed by atoms with Crippen molar-refractivity contribution in [2.45, 2.75) is 58.0 Å². The Morgan fingerprint density at radius 1 is 1.03 bits per heavy atom. The van der Waals surface area contributed by atoms with Crippen LogP contribution in [0.25, 0.3) is 0 Å². The number of aromatic nitrogens is 2. The molecule has 2 aromatic rings. The van der Waals surface area contributed by atoms with Gasteiger partial charge in [-0.1, -0.05) is 12.1 Å². The molecule has 4 saturated carbocycles. The molecule has 2 heterocycles. The minimum Gasteiger partial charge on any atom is -0.369 e. The lowest BCUT2D eigenvalue weighted by atomic mass is 9.49. The molecule has 1 aromatic heterocycles. The molecule has 4 aliphatic carbocycles. The Bertz CT molecular complexity index is 970. The summed E-state index contributed by atoms with van der Waals surface area (Å²) in [5.74, 6) is 4.05. The van der Waals surface area contributed by atoms with Gasteiger partial charge in [-0.3, -0.25) is 4.90 Å². The van der Waals surface area contributed by atoms with Crippen molar-refractivity contribution in [3.8, 4) is 6.07 Å². The van der Waals surface area contributed by atoms with Crippen molar-refractivity contribution in [2.75, 3.05) is 18.4 Å². The van der Waals surface area contributed by atoms with Gasteiger partial charge in [-0.15, -0.1) is 0 Å². The summed E-state index contributed by atoms with van der Waals surface area (Å²) in [7, 11) is 0. The number of fused-ring (bicyclic) bond motifs is 1. The van der Waals surface area contributed by atoms with Gasteiger partial charge >= 0.3 is 0 Å². The summed E-state index contributed by atoms with van der Waals surface area (Å²) in [6, 6.07) is 10.1. The molecule has 31 heavy (non-hydrogen) atoms. The van der Waals surface area contributed by atoms with Crippen LogP contribution in [0.4, 0.5) is 5.82 Å². The average Bonchev–Trinajstić information content (AvgIpc) is 2.77. The Kier molecular flexibility index (Phi) is 4.72. The number of hydrogen-bond acceptors (Lipinski definition) is 5. The Morgan fingerprint density at radius 3 is 2.42 bits per heavy atom. The summed E-state index contributed by atoms with van der Waals surface area (Å²) < 4.78 is 0. The molecular formula is C26H31N5. The molecule has 0 amide bonds. The number of rotatable bonds is 5. The fraction of sp³-hybridized carbons (Fsp3) is 0.577. The van der Waals surface area contributed by atoms with E-state index in [1.54, 1.807) is 6.33 Å². The molecule has 1 N–H and O–H groups in total. The van der Waals surface area contributed by atoms with Crippen LogP contribution in [-0.4, -0.2) is 28.0 Å². The highest BCUT2D eigenvalue weighted by Crippen LogP contribution is 2.59. The SMILES string of the molecule is N#Cc1ccc(CN2CCc3c(ncnc3NCC34CC5CC(CC(C5)C3)C4)C2)cc1.